The Morgan fingerprint density at radius 1 is 0.912 bits per heavy atom. The molecule has 2 N–H and O–H groups in total. The molecule has 0 aromatic heterocycles. The lowest BCUT2D eigenvalue weighted by Crippen LogP contribution is -2.24. The van der Waals surface area contributed by atoms with Crippen molar-refractivity contribution in [2.75, 3.05) is 5.32 Å². The predicted molar refractivity (Wildman–Crippen MR) is 134 cm³/mol. The lowest BCUT2D eigenvalue weighted by molar-refractivity contribution is -0.120. The molecule has 0 saturated heterocycles. The summed E-state index contributed by atoms with van der Waals surface area (Å²) in [7, 11) is 0. The molecular formula is C28H29N3O3. The minimum atomic E-state index is -0.321. The van der Waals surface area contributed by atoms with Gasteiger partial charge in [0.1, 0.15) is 12.4 Å². The number of hydrazone groups is 1. The average molecular weight is 456 g/mol. The number of rotatable bonds is 8. The van der Waals surface area contributed by atoms with Gasteiger partial charge in [-0.1, -0.05) is 61.7 Å². The van der Waals surface area contributed by atoms with E-state index in [1.807, 2.05) is 54.6 Å². The zero-order valence-corrected chi connectivity index (χ0v) is 19.1. The van der Waals surface area contributed by atoms with Gasteiger partial charge in [0.05, 0.1) is 6.21 Å². The Hall–Kier alpha value is -3.93. The van der Waals surface area contributed by atoms with Gasteiger partial charge >= 0.3 is 0 Å². The van der Waals surface area contributed by atoms with E-state index in [9.17, 15) is 9.59 Å². The quantitative estimate of drug-likeness (QED) is 0.345. The number of hydrogen-bond acceptors (Lipinski definition) is 4. The summed E-state index contributed by atoms with van der Waals surface area (Å²) < 4.78 is 5.83. The first kappa shape index (κ1) is 23.2. The number of carbonyl (C=O) groups is 2. The molecule has 0 atom stereocenters. The number of amides is 2. The molecule has 0 spiro atoms. The summed E-state index contributed by atoms with van der Waals surface area (Å²) in [5.74, 6) is 0.563. The zero-order chi connectivity index (χ0) is 23.6. The molecule has 1 saturated carbocycles. The minimum Gasteiger partial charge on any atom is -0.489 e. The molecule has 2 amide bonds. The van der Waals surface area contributed by atoms with Gasteiger partial charge < -0.3 is 10.1 Å². The first-order valence-corrected chi connectivity index (χ1v) is 11.7. The van der Waals surface area contributed by atoms with Crippen molar-refractivity contribution in [1.82, 2.24) is 5.43 Å². The number of benzene rings is 3. The standard InChI is InChI=1S/C28H29N3O3/c32-27(23-11-5-2-6-12-23)30-25-16-14-24(15-17-25)28(33)31-29-19-22-10-7-13-26(18-22)34-20-21-8-3-1-4-9-21/h1,3-4,7-10,13-19,23H,2,5-6,11-12,20H2,(H,30,32)(H,31,33). The number of hydrogen-bond donors (Lipinski definition) is 2. The van der Waals surface area contributed by atoms with Crippen LogP contribution in [-0.2, 0) is 11.4 Å². The second kappa shape index (κ2) is 11.8. The van der Waals surface area contributed by atoms with E-state index in [1.165, 1.54) is 6.42 Å². The molecular weight excluding hydrogens is 426 g/mol. The van der Waals surface area contributed by atoms with Gasteiger partial charge in [0.15, 0.2) is 0 Å². The first-order chi connectivity index (χ1) is 16.7. The van der Waals surface area contributed by atoms with Gasteiger partial charge in [-0.25, -0.2) is 5.43 Å². The Labute approximate surface area is 200 Å². The lowest BCUT2D eigenvalue weighted by atomic mass is 9.88. The molecule has 0 radical (unpaired) electrons. The van der Waals surface area contributed by atoms with Gasteiger partial charge in [0.25, 0.3) is 5.91 Å². The molecule has 1 aliphatic rings. The van der Waals surface area contributed by atoms with Crippen molar-refractivity contribution in [3.05, 3.63) is 95.6 Å². The Morgan fingerprint density at radius 2 is 1.68 bits per heavy atom. The molecule has 1 fully saturated rings. The number of nitrogens with zero attached hydrogens (tertiary/aromatic N) is 1. The molecule has 0 heterocycles. The van der Waals surface area contributed by atoms with E-state index in [4.69, 9.17) is 4.74 Å². The van der Waals surface area contributed by atoms with Crippen LogP contribution in [0.5, 0.6) is 5.75 Å². The van der Waals surface area contributed by atoms with Crippen molar-refractivity contribution in [2.45, 2.75) is 38.7 Å². The molecule has 4 rings (SSSR count). The minimum absolute atomic E-state index is 0.0662. The summed E-state index contributed by atoms with van der Waals surface area (Å²) in [5.41, 5.74) is 5.60. The average Bonchev–Trinajstić information content (AvgIpc) is 2.89. The predicted octanol–water partition coefficient (Wildman–Crippen LogP) is 5.55. The maximum Gasteiger partial charge on any atom is 0.271 e. The van der Waals surface area contributed by atoms with Gasteiger partial charge in [-0.15, -0.1) is 0 Å². The van der Waals surface area contributed by atoms with Gasteiger partial charge in [0, 0.05) is 17.2 Å². The lowest BCUT2D eigenvalue weighted by Gasteiger charge is -2.20. The summed E-state index contributed by atoms with van der Waals surface area (Å²) in [5, 5.41) is 7.02. The van der Waals surface area contributed by atoms with E-state index in [2.05, 4.69) is 15.8 Å². The highest BCUT2D eigenvalue weighted by molar-refractivity contribution is 5.96. The van der Waals surface area contributed by atoms with Crippen LogP contribution < -0.4 is 15.5 Å². The topological polar surface area (TPSA) is 79.8 Å². The second-order valence-corrected chi connectivity index (χ2v) is 8.45. The fourth-order valence-electron chi connectivity index (χ4n) is 3.97. The van der Waals surface area contributed by atoms with E-state index in [-0.39, 0.29) is 17.7 Å². The highest BCUT2D eigenvalue weighted by Gasteiger charge is 2.21. The van der Waals surface area contributed by atoms with E-state index >= 15 is 0 Å². The van der Waals surface area contributed by atoms with E-state index in [1.54, 1.807) is 30.5 Å². The van der Waals surface area contributed by atoms with Crippen LogP contribution in [0, 0.1) is 5.92 Å². The van der Waals surface area contributed by atoms with Gasteiger partial charge in [-0.2, -0.15) is 5.10 Å². The molecule has 0 bridgehead atoms. The molecule has 6 heteroatoms. The molecule has 6 nitrogen and oxygen atoms in total. The van der Waals surface area contributed by atoms with Crippen LogP contribution in [0.3, 0.4) is 0 Å². The third-order valence-electron chi connectivity index (χ3n) is 5.88. The Morgan fingerprint density at radius 3 is 2.44 bits per heavy atom. The highest BCUT2D eigenvalue weighted by Crippen LogP contribution is 2.25. The molecule has 0 unspecified atom stereocenters. The van der Waals surface area contributed by atoms with Crippen LogP contribution in [0.25, 0.3) is 0 Å². The number of carbonyl (C=O) groups excluding carboxylic acids is 2. The van der Waals surface area contributed by atoms with Crippen LogP contribution >= 0.6 is 0 Å². The Bertz CT molecular complexity index is 1120. The number of anilines is 1. The van der Waals surface area contributed by atoms with E-state index in [0.717, 1.165) is 42.6 Å². The van der Waals surface area contributed by atoms with Crippen molar-refractivity contribution in [3.63, 3.8) is 0 Å². The van der Waals surface area contributed by atoms with Crippen LogP contribution in [0.1, 0.15) is 53.6 Å². The van der Waals surface area contributed by atoms with Gasteiger partial charge in [-0.3, -0.25) is 9.59 Å². The summed E-state index contributed by atoms with van der Waals surface area (Å²) >= 11 is 0. The monoisotopic (exact) mass is 455 g/mol. The fraction of sp³-hybridized carbons (Fsp3) is 0.250. The molecule has 3 aromatic rings. The van der Waals surface area contributed by atoms with Crippen molar-refractivity contribution in [2.24, 2.45) is 11.0 Å². The first-order valence-electron chi connectivity index (χ1n) is 11.7. The third kappa shape index (κ3) is 6.78. The van der Waals surface area contributed by atoms with Gasteiger partial charge in [-0.05, 0) is 60.4 Å². The van der Waals surface area contributed by atoms with Crippen molar-refractivity contribution in [3.8, 4) is 5.75 Å². The molecule has 1 aliphatic carbocycles. The summed E-state index contributed by atoms with van der Waals surface area (Å²) in [4.78, 5) is 24.8. The smallest absolute Gasteiger partial charge is 0.271 e. The summed E-state index contributed by atoms with van der Waals surface area (Å²) in [6, 6.07) is 24.3. The Balaban J connectivity index is 1.26. The molecule has 34 heavy (non-hydrogen) atoms. The molecule has 174 valence electrons. The maximum atomic E-state index is 12.4. The van der Waals surface area contributed by atoms with Crippen molar-refractivity contribution in [1.29, 1.82) is 0 Å². The normalized spacial score (nSPS) is 14.0. The highest BCUT2D eigenvalue weighted by atomic mass is 16.5. The van der Waals surface area contributed by atoms with Crippen LogP contribution in [-0.4, -0.2) is 18.0 Å². The van der Waals surface area contributed by atoms with E-state index in [0.29, 0.717) is 17.9 Å². The van der Waals surface area contributed by atoms with Crippen molar-refractivity contribution < 1.29 is 14.3 Å². The summed E-state index contributed by atoms with van der Waals surface area (Å²) in [6.07, 6.45) is 6.92. The number of ether oxygens (including phenoxy) is 1. The Kier molecular flexibility index (Phi) is 8.06. The molecule has 0 aliphatic heterocycles. The fourth-order valence-corrected chi connectivity index (χ4v) is 3.97. The second-order valence-electron chi connectivity index (χ2n) is 8.45. The van der Waals surface area contributed by atoms with Crippen LogP contribution in [0.2, 0.25) is 0 Å². The van der Waals surface area contributed by atoms with Crippen molar-refractivity contribution >= 4 is 23.7 Å². The molecule has 3 aromatic carbocycles. The number of nitrogens with one attached hydrogen (secondary N) is 2. The van der Waals surface area contributed by atoms with Gasteiger partial charge in [0.2, 0.25) is 5.91 Å². The SMILES string of the molecule is O=C(NN=Cc1cccc(OCc2ccccc2)c1)c1ccc(NC(=O)C2CCCCC2)cc1. The summed E-state index contributed by atoms with van der Waals surface area (Å²) in [6.45, 7) is 0.481. The van der Waals surface area contributed by atoms with Crippen LogP contribution in [0.4, 0.5) is 5.69 Å². The zero-order valence-electron chi connectivity index (χ0n) is 19.1. The maximum absolute atomic E-state index is 12.4. The van der Waals surface area contributed by atoms with Crippen LogP contribution in [0.15, 0.2) is 84.0 Å². The third-order valence-corrected chi connectivity index (χ3v) is 5.88. The van der Waals surface area contributed by atoms with E-state index < -0.39 is 0 Å². The largest absolute Gasteiger partial charge is 0.489 e.